The van der Waals surface area contributed by atoms with Crippen LogP contribution in [0.2, 0.25) is 0 Å². The van der Waals surface area contributed by atoms with Crippen LogP contribution < -0.4 is 0 Å². The molecule has 0 aliphatic carbocycles. The third-order valence-corrected chi connectivity index (χ3v) is 2.20. The van der Waals surface area contributed by atoms with Crippen LogP contribution in [0.4, 0.5) is 0 Å². The lowest BCUT2D eigenvalue weighted by Crippen LogP contribution is -2.01. The predicted molar refractivity (Wildman–Crippen MR) is 87.7 cm³/mol. The molecule has 0 atom stereocenters. The van der Waals surface area contributed by atoms with Crippen molar-refractivity contribution >= 4 is 12.4 Å². The maximum Gasteiger partial charge on any atom is 0.146 e. The van der Waals surface area contributed by atoms with Gasteiger partial charge in [-0.15, -0.1) is 0 Å². The van der Waals surface area contributed by atoms with E-state index < -0.39 is 0 Å². The van der Waals surface area contributed by atoms with Crippen molar-refractivity contribution in [1.82, 2.24) is 10.0 Å². The highest BCUT2D eigenvalue weighted by Gasteiger charge is 1.86. The molecule has 1 aromatic carbocycles. The van der Waals surface area contributed by atoms with Crippen molar-refractivity contribution in [3.63, 3.8) is 0 Å². The zero-order valence-electron chi connectivity index (χ0n) is 13.0. The first-order valence-corrected chi connectivity index (χ1v) is 6.59. The van der Waals surface area contributed by atoms with Gasteiger partial charge in [0.05, 0.1) is 18.7 Å². The van der Waals surface area contributed by atoms with Gasteiger partial charge in [0.25, 0.3) is 0 Å². The Morgan fingerprint density at radius 3 is 1.95 bits per heavy atom. The van der Waals surface area contributed by atoms with Crippen LogP contribution in [-0.4, -0.2) is 50.6 Å². The topological polar surface area (TPSA) is 44.3 Å². The van der Waals surface area contributed by atoms with Crippen molar-refractivity contribution in [1.29, 1.82) is 0 Å². The summed E-state index contributed by atoms with van der Waals surface area (Å²) in [6, 6.07) is 13.7. The molecule has 0 radical (unpaired) electrons. The minimum atomic E-state index is 0.772. The van der Waals surface area contributed by atoms with Gasteiger partial charge in [0.1, 0.15) is 5.76 Å². The number of rotatable bonds is 4. The molecule has 5 nitrogen and oxygen atoms in total. The normalized spacial score (nSPS) is 10.5. The Bertz CT molecular complexity index is 531. The largest absolute Gasteiger partial charge is 0.463 e. The van der Waals surface area contributed by atoms with Crippen molar-refractivity contribution in [2.75, 3.05) is 28.2 Å². The van der Waals surface area contributed by atoms with Crippen LogP contribution in [0.1, 0.15) is 11.3 Å². The van der Waals surface area contributed by atoms with E-state index in [0.717, 1.165) is 11.3 Å². The second kappa shape index (κ2) is 9.36. The highest BCUT2D eigenvalue weighted by molar-refractivity contribution is 5.79. The van der Waals surface area contributed by atoms with Crippen molar-refractivity contribution in [3.05, 3.63) is 60.1 Å². The van der Waals surface area contributed by atoms with Gasteiger partial charge in [-0.3, -0.25) is 0 Å². The Morgan fingerprint density at radius 1 is 0.810 bits per heavy atom. The number of hydrazone groups is 2. The van der Waals surface area contributed by atoms with Gasteiger partial charge < -0.3 is 14.4 Å². The fourth-order valence-corrected chi connectivity index (χ4v) is 1.26. The molecule has 0 amide bonds. The molecule has 2 aromatic rings. The second-order valence-corrected chi connectivity index (χ2v) is 4.61. The molecule has 0 N–H and O–H groups in total. The van der Waals surface area contributed by atoms with Crippen LogP contribution in [0.25, 0.3) is 0 Å². The molecule has 1 aromatic heterocycles. The molecule has 21 heavy (non-hydrogen) atoms. The molecule has 0 saturated carbocycles. The summed E-state index contributed by atoms with van der Waals surface area (Å²) < 4.78 is 5.01. The molecule has 0 fully saturated rings. The van der Waals surface area contributed by atoms with E-state index >= 15 is 0 Å². The summed E-state index contributed by atoms with van der Waals surface area (Å²) in [7, 11) is 7.53. The number of hydrogen-bond acceptors (Lipinski definition) is 5. The van der Waals surface area contributed by atoms with E-state index in [1.165, 1.54) is 0 Å². The monoisotopic (exact) mass is 286 g/mol. The molecule has 0 aliphatic heterocycles. The Hall–Kier alpha value is -2.56. The SMILES string of the molecule is CN(C)/N=C/c1ccccc1.CN(C)/N=C/c1ccco1. The zero-order valence-corrected chi connectivity index (χ0v) is 13.0. The Kier molecular flexibility index (Phi) is 7.35. The molecule has 0 bridgehead atoms. The number of furan rings is 1. The van der Waals surface area contributed by atoms with E-state index in [9.17, 15) is 0 Å². The average molecular weight is 286 g/mol. The van der Waals surface area contributed by atoms with Gasteiger partial charge in [0.15, 0.2) is 0 Å². The molecular weight excluding hydrogens is 264 g/mol. The minimum Gasteiger partial charge on any atom is -0.463 e. The van der Waals surface area contributed by atoms with Gasteiger partial charge in [0, 0.05) is 28.2 Å². The third kappa shape index (κ3) is 8.26. The molecule has 2 rings (SSSR count). The van der Waals surface area contributed by atoms with E-state index in [2.05, 4.69) is 10.2 Å². The quantitative estimate of drug-likeness (QED) is 0.641. The maximum absolute atomic E-state index is 5.01. The average Bonchev–Trinajstić information content (AvgIpc) is 2.98. The first-order chi connectivity index (χ1) is 10.1. The molecule has 0 unspecified atom stereocenters. The molecule has 1 heterocycles. The Morgan fingerprint density at radius 2 is 1.43 bits per heavy atom. The summed E-state index contributed by atoms with van der Waals surface area (Å²) in [5.74, 6) is 0.772. The highest BCUT2D eigenvalue weighted by atomic mass is 16.3. The summed E-state index contributed by atoms with van der Waals surface area (Å²) in [6.45, 7) is 0. The van der Waals surface area contributed by atoms with Crippen LogP contribution in [-0.2, 0) is 0 Å². The molecule has 0 spiro atoms. The molecular formula is C16H22N4O. The van der Waals surface area contributed by atoms with Crippen LogP contribution in [0.5, 0.6) is 0 Å². The number of hydrogen-bond donors (Lipinski definition) is 0. The maximum atomic E-state index is 5.01. The Balaban J connectivity index is 0.000000211. The van der Waals surface area contributed by atoms with E-state index in [4.69, 9.17) is 4.42 Å². The predicted octanol–water partition coefficient (Wildman–Crippen LogP) is 2.76. The molecule has 0 saturated heterocycles. The van der Waals surface area contributed by atoms with Crippen molar-refractivity contribution in [2.24, 2.45) is 10.2 Å². The van der Waals surface area contributed by atoms with E-state index in [-0.39, 0.29) is 0 Å². The molecule has 5 heteroatoms. The van der Waals surface area contributed by atoms with Crippen molar-refractivity contribution < 1.29 is 4.42 Å². The summed E-state index contributed by atoms with van der Waals surface area (Å²) in [4.78, 5) is 0. The lowest BCUT2D eigenvalue weighted by Gasteiger charge is -2.01. The lowest BCUT2D eigenvalue weighted by molar-refractivity contribution is 0.438. The van der Waals surface area contributed by atoms with Crippen LogP contribution >= 0.6 is 0 Å². The summed E-state index contributed by atoms with van der Waals surface area (Å²) in [6.07, 6.45) is 5.12. The summed E-state index contributed by atoms with van der Waals surface area (Å²) in [5.41, 5.74) is 1.13. The van der Waals surface area contributed by atoms with Crippen LogP contribution in [0.3, 0.4) is 0 Å². The minimum absolute atomic E-state index is 0.772. The second-order valence-electron chi connectivity index (χ2n) is 4.61. The fraction of sp³-hybridized carbons (Fsp3) is 0.250. The van der Waals surface area contributed by atoms with Gasteiger partial charge >= 0.3 is 0 Å². The highest BCUT2D eigenvalue weighted by Crippen LogP contribution is 1.95. The number of benzene rings is 1. The standard InChI is InChI=1S/C9H12N2.C7H10N2O/c1-11(2)10-8-9-6-4-3-5-7-9;1-9(2)8-6-7-4-3-5-10-7/h3-8H,1-2H3;3-6H,1-2H3/b10-8+;8-6+. The molecule has 112 valence electrons. The Labute approximate surface area is 126 Å². The van der Waals surface area contributed by atoms with Gasteiger partial charge in [-0.2, -0.15) is 10.2 Å². The van der Waals surface area contributed by atoms with E-state index in [1.807, 2.05) is 76.9 Å². The van der Waals surface area contributed by atoms with E-state index in [1.54, 1.807) is 22.5 Å². The first kappa shape index (κ1) is 16.5. The van der Waals surface area contributed by atoms with Crippen LogP contribution in [0.15, 0.2) is 63.3 Å². The van der Waals surface area contributed by atoms with Gasteiger partial charge in [-0.25, -0.2) is 0 Å². The van der Waals surface area contributed by atoms with Crippen molar-refractivity contribution in [2.45, 2.75) is 0 Å². The summed E-state index contributed by atoms with van der Waals surface area (Å²) in [5, 5.41) is 11.6. The fourth-order valence-electron chi connectivity index (χ4n) is 1.26. The van der Waals surface area contributed by atoms with Crippen molar-refractivity contribution in [3.8, 4) is 0 Å². The van der Waals surface area contributed by atoms with Gasteiger partial charge in [-0.05, 0) is 17.7 Å². The van der Waals surface area contributed by atoms with Gasteiger partial charge in [-0.1, -0.05) is 30.3 Å². The van der Waals surface area contributed by atoms with Crippen LogP contribution in [0, 0.1) is 0 Å². The first-order valence-electron chi connectivity index (χ1n) is 6.59. The van der Waals surface area contributed by atoms with E-state index in [0.29, 0.717) is 0 Å². The number of nitrogens with zero attached hydrogens (tertiary/aromatic N) is 4. The van der Waals surface area contributed by atoms with Gasteiger partial charge in [0.2, 0.25) is 0 Å². The smallest absolute Gasteiger partial charge is 0.146 e. The molecule has 0 aliphatic rings. The zero-order chi connectivity index (χ0) is 15.5. The summed E-state index contributed by atoms with van der Waals surface area (Å²) >= 11 is 0. The third-order valence-electron chi connectivity index (χ3n) is 2.20. The lowest BCUT2D eigenvalue weighted by atomic mass is 10.2.